The Morgan fingerprint density at radius 1 is 1.58 bits per heavy atom. The first-order valence-corrected chi connectivity index (χ1v) is 6.48. The molecule has 0 bridgehead atoms. The quantitative estimate of drug-likeness (QED) is 0.690. The van der Waals surface area contributed by atoms with Gasteiger partial charge in [-0.05, 0) is 18.6 Å². The van der Waals surface area contributed by atoms with Gasteiger partial charge in [0, 0.05) is 23.9 Å². The Labute approximate surface area is 113 Å². The van der Waals surface area contributed by atoms with Gasteiger partial charge in [-0.2, -0.15) is 4.39 Å². The van der Waals surface area contributed by atoms with E-state index in [0.29, 0.717) is 12.0 Å². The molecule has 1 aromatic heterocycles. The molecule has 19 heavy (non-hydrogen) atoms. The molecule has 7 heteroatoms. The van der Waals surface area contributed by atoms with Crippen LogP contribution in [0.4, 0.5) is 10.1 Å². The first-order chi connectivity index (χ1) is 8.97. The summed E-state index contributed by atoms with van der Waals surface area (Å²) in [7, 11) is 0. The normalized spacial score (nSPS) is 12.4. The first-order valence-electron chi connectivity index (χ1n) is 5.60. The van der Waals surface area contributed by atoms with Crippen LogP contribution in [0.15, 0.2) is 23.6 Å². The van der Waals surface area contributed by atoms with Crippen molar-refractivity contribution in [2.45, 2.75) is 19.4 Å². The second-order valence-corrected chi connectivity index (χ2v) is 5.12. The van der Waals surface area contributed by atoms with Gasteiger partial charge in [0.1, 0.15) is 0 Å². The molecular weight excluding hydrogens is 269 g/mol. The highest BCUT2D eigenvalue weighted by molar-refractivity contribution is 7.09. The number of nitro groups is 1. The van der Waals surface area contributed by atoms with E-state index in [1.54, 1.807) is 0 Å². The van der Waals surface area contributed by atoms with Crippen LogP contribution in [0.3, 0.4) is 0 Å². The molecule has 1 heterocycles. The number of benzene rings is 1. The second-order valence-electron chi connectivity index (χ2n) is 4.17. The zero-order valence-corrected chi connectivity index (χ0v) is 11.0. The Balaban J connectivity index is 2.23. The summed E-state index contributed by atoms with van der Waals surface area (Å²) in [5.74, 6) is -0.829. The monoisotopic (exact) mass is 281 g/mol. The average molecular weight is 281 g/mol. The van der Waals surface area contributed by atoms with Crippen LogP contribution in [0.1, 0.15) is 29.2 Å². The largest absolute Gasteiger partial charge is 0.323 e. The molecule has 0 saturated heterocycles. The minimum absolute atomic E-state index is 0.146. The van der Waals surface area contributed by atoms with Crippen molar-refractivity contribution in [2.75, 3.05) is 0 Å². The van der Waals surface area contributed by atoms with Crippen LogP contribution in [0.5, 0.6) is 0 Å². The van der Waals surface area contributed by atoms with Gasteiger partial charge in [0.05, 0.1) is 15.6 Å². The standard InChI is InChI=1S/C12H12FN3O2S/c1-7(14)10-6-19-12(15-10)5-8-2-3-9(13)11(4-8)16(17)18/h2-4,6-7H,5,14H2,1H3. The highest BCUT2D eigenvalue weighted by Gasteiger charge is 2.15. The maximum atomic E-state index is 13.2. The zero-order valence-electron chi connectivity index (χ0n) is 10.2. The summed E-state index contributed by atoms with van der Waals surface area (Å²) < 4.78 is 13.2. The van der Waals surface area contributed by atoms with Gasteiger partial charge in [-0.25, -0.2) is 4.98 Å². The lowest BCUT2D eigenvalue weighted by Gasteiger charge is -2.00. The van der Waals surface area contributed by atoms with Crippen molar-refractivity contribution in [3.05, 3.63) is 55.8 Å². The van der Waals surface area contributed by atoms with E-state index in [0.717, 1.165) is 16.8 Å². The van der Waals surface area contributed by atoms with E-state index in [4.69, 9.17) is 5.73 Å². The molecule has 2 rings (SSSR count). The third kappa shape index (κ3) is 3.12. The topological polar surface area (TPSA) is 82.0 Å². The summed E-state index contributed by atoms with van der Waals surface area (Å²) in [6.45, 7) is 1.83. The van der Waals surface area contributed by atoms with Gasteiger partial charge in [-0.15, -0.1) is 11.3 Å². The van der Waals surface area contributed by atoms with Gasteiger partial charge >= 0.3 is 5.69 Å². The van der Waals surface area contributed by atoms with E-state index in [-0.39, 0.29) is 6.04 Å². The van der Waals surface area contributed by atoms with Gasteiger partial charge in [0.2, 0.25) is 5.82 Å². The van der Waals surface area contributed by atoms with Crippen LogP contribution in [0.2, 0.25) is 0 Å². The maximum absolute atomic E-state index is 13.2. The number of nitrogens with two attached hydrogens (primary N) is 1. The molecule has 0 amide bonds. The maximum Gasteiger partial charge on any atom is 0.305 e. The molecule has 0 aliphatic carbocycles. The van der Waals surface area contributed by atoms with Crippen LogP contribution in [-0.2, 0) is 6.42 Å². The minimum atomic E-state index is -0.829. The van der Waals surface area contributed by atoms with Gasteiger partial charge in [0.25, 0.3) is 0 Å². The lowest BCUT2D eigenvalue weighted by molar-refractivity contribution is -0.387. The third-order valence-corrected chi connectivity index (χ3v) is 3.47. The van der Waals surface area contributed by atoms with Gasteiger partial charge in [-0.1, -0.05) is 6.07 Å². The van der Waals surface area contributed by atoms with Crippen molar-refractivity contribution in [3.8, 4) is 0 Å². The number of nitro benzene ring substituents is 1. The Kier molecular flexibility index (Phi) is 3.87. The molecule has 2 N–H and O–H groups in total. The third-order valence-electron chi connectivity index (χ3n) is 2.60. The molecule has 1 atom stereocenters. The smallest absolute Gasteiger partial charge is 0.305 e. The lowest BCUT2D eigenvalue weighted by atomic mass is 10.1. The Morgan fingerprint density at radius 2 is 2.32 bits per heavy atom. The van der Waals surface area contributed by atoms with Crippen LogP contribution < -0.4 is 5.73 Å². The minimum Gasteiger partial charge on any atom is -0.323 e. The Morgan fingerprint density at radius 3 is 2.89 bits per heavy atom. The van der Waals surface area contributed by atoms with Crippen LogP contribution in [0.25, 0.3) is 0 Å². The van der Waals surface area contributed by atoms with E-state index < -0.39 is 16.4 Å². The van der Waals surface area contributed by atoms with Crippen LogP contribution in [-0.4, -0.2) is 9.91 Å². The lowest BCUT2D eigenvalue weighted by Crippen LogP contribution is -2.05. The summed E-state index contributed by atoms with van der Waals surface area (Å²) in [6.07, 6.45) is 0.429. The summed E-state index contributed by atoms with van der Waals surface area (Å²) in [4.78, 5) is 14.3. The number of halogens is 1. The second kappa shape index (κ2) is 5.41. The van der Waals surface area contributed by atoms with E-state index in [2.05, 4.69) is 4.98 Å². The average Bonchev–Trinajstić information content (AvgIpc) is 2.80. The van der Waals surface area contributed by atoms with Crippen LogP contribution >= 0.6 is 11.3 Å². The van der Waals surface area contributed by atoms with Crippen molar-refractivity contribution in [2.24, 2.45) is 5.73 Å². The van der Waals surface area contributed by atoms with Gasteiger partial charge in [-0.3, -0.25) is 10.1 Å². The van der Waals surface area contributed by atoms with Gasteiger partial charge < -0.3 is 5.73 Å². The molecule has 2 aromatic rings. The number of rotatable bonds is 4. The number of thiazole rings is 1. The summed E-state index contributed by atoms with van der Waals surface area (Å²) in [6, 6.07) is 3.72. The first kappa shape index (κ1) is 13.6. The molecule has 5 nitrogen and oxygen atoms in total. The molecule has 1 unspecified atom stereocenters. The van der Waals surface area contributed by atoms with E-state index in [1.165, 1.54) is 23.5 Å². The van der Waals surface area contributed by atoms with Crippen molar-refractivity contribution >= 4 is 17.0 Å². The summed E-state index contributed by atoms with van der Waals surface area (Å²) in [5.41, 5.74) is 6.64. The highest BCUT2D eigenvalue weighted by Crippen LogP contribution is 2.22. The van der Waals surface area contributed by atoms with Gasteiger partial charge in [0.15, 0.2) is 0 Å². The molecular formula is C12H12FN3O2S. The molecule has 100 valence electrons. The van der Waals surface area contributed by atoms with E-state index in [1.807, 2.05) is 12.3 Å². The fourth-order valence-corrected chi connectivity index (χ4v) is 2.53. The fraction of sp³-hybridized carbons (Fsp3) is 0.250. The molecule has 1 aromatic carbocycles. The molecule has 0 saturated carbocycles. The number of hydrogen-bond donors (Lipinski definition) is 1. The molecule has 0 aliphatic rings. The molecule has 0 spiro atoms. The fourth-order valence-electron chi connectivity index (χ4n) is 1.60. The van der Waals surface area contributed by atoms with Crippen molar-refractivity contribution in [1.29, 1.82) is 0 Å². The molecule has 0 fully saturated rings. The van der Waals surface area contributed by atoms with E-state index in [9.17, 15) is 14.5 Å². The Hall–Kier alpha value is -1.86. The highest BCUT2D eigenvalue weighted by atomic mass is 32.1. The van der Waals surface area contributed by atoms with Crippen molar-refractivity contribution < 1.29 is 9.31 Å². The Bertz CT molecular complexity index is 613. The summed E-state index contributed by atoms with van der Waals surface area (Å²) >= 11 is 1.44. The molecule has 0 radical (unpaired) electrons. The van der Waals surface area contributed by atoms with Crippen LogP contribution in [0, 0.1) is 15.9 Å². The van der Waals surface area contributed by atoms with Crippen molar-refractivity contribution in [3.63, 3.8) is 0 Å². The number of nitrogens with zero attached hydrogens (tertiary/aromatic N) is 2. The van der Waals surface area contributed by atoms with Crippen molar-refractivity contribution in [1.82, 2.24) is 4.98 Å². The predicted molar refractivity (Wildman–Crippen MR) is 70.6 cm³/mol. The predicted octanol–water partition coefficient (Wildman–Crippen LogP) is 2.80. The summed E-state index contributed by atoms with van der Waals surface area (Å²) in [5, 5.41) is 13.3. The van der Waals surface area contributed by atoms with E-state index >= 15 is 0 Å². The molecule has 0 aliphatic heterocycles. The zero-order chi connectivity index (χ0) is 14.0. The SMILES string of the molecule is CC(N)c1csc(Cc2ccc(F)c([N+](=O)[O-])c2)n1. The number of hydrogen-bond acceptors (Lipinski definition) is 5. The number of aromatic nitrogens is 1.